The van der Waals surface area contributed by atoms with Crippen LogP contribution in [0.1, 0.15) is 55.4 Å². The van der Waals surface area contributed by atoms with Crippen molar-refractivity contribution in [3.63, 3.8) is 0 Å². The lowest BCUT2D eigenvalue weighted by atomic mass is 9.39. The summed E-state index contributed by atoms with van der Waals surface area (Å²) < 4.78 is 46.5. The molecule has 2 N–H and O–H groups in total. The molecule has 0 spiro atoms. The van der Waals surface area contributed by atoms with Crippen molar-refractivity contribution in [2.75, 3.05) is 0 Å². The Morgan fingerprint density at radius 1 is 1.25 bits per heavy atom. The summed E-state index contributed by atoms with van der Waals surface area (Å²) in [6.07, 6.45) is -4.20. The van der Waals surface area contributed by atoms with Crippen LogP contribution in [-0.2, 0) is 21.4 Å². The minimum Gasteiger partial charge on any atom is -0.424 e. The number of carbonyl (C=O) groups is 1. The lowest BCUT2D eigenvalue weighted by molar-refractivity contribution is -0.352. The smallest absolute Gasteiger partial charge is 0.424 e. The van der Waals surface area contributed by atoms with E-state index < -0.39 is 24.5 Å². The zero-order valence-corrected chi connectivity index (χ0v) is 17.6. The van der Waals surface area contributed by atoms with Crippen molar-refractivity contribution < 1.29 is 32.2 Å². The Morgan fingerprint density at radius 2 is 1.91 bits per heavy atom. The molecule has 4 saturated carbocycles. The highest BCUT2D eigenvalue weighted by Gasteiger charge is 2.72. The second kappa shape index (κ2) is 7.43. The molecule has 0 radical (unpaired) electrons. The summed E-state index contributed by atoms with van der Waals surface area (Å²) >= 11 is 5.85. The molecule has 1 atom stereocenters. The van der Waals surface area contributed by atoms with Gasteiger partial charge in [0.2, 0.25) is 17.7 Å². The average Bonchev–Trinajstić information content (AvgIpc) is 3.09. The first kappa shape index (κ1) is 21.7. The number of amides is 1. The molecule has 0 saturated heterocycles. The second-order valence-electron chi connectivity index (χ2n) is 9.23. The van der Waals surface area contributed by atoms with Crippen LogP contribution in [0.5, 0.6) is 0 Å². The number of benzene rings is 1. The lowest BCUT2D eigenvalue weighted by Gasteiger charge is -2.68. The number of hydrogen-bond acceptors (Lipinski definition) is 6. The van der Waals surface area contributed by atoms with Crippen LogP contribution < -0.4 is 5.32 Å². The van der Waals surface area contributed by atoms with Crippen LogP contribution in [0.4, 0.5) is 13.2 Å². The van der Waals surface area contributed by atoms with Gasteiger partial charge >= 0.3 is 6.36 Å². The first-order valence-electron chi connectivity index (χ1n) is 10.4. The maximum absolute atomic E-state index is 12.4. The van der Waals surface area contributed by atoms with Gasteiger partial charge in [-0.25, -0.2) is 0 Å². The summed E-state index contributed by atoms with van der Waals surface area (Å²) in [5.41, 5.74) is 0.128. The van der Waals surface area contributed by atoms with Crippen molar-refractivity contribution in [3.8, 4) is 0 Å². The van der Waals surface area contributed by atoms with Crippen molar-refractivity contribution in [3.05, 3.63) is 46.6 Å². The number of halogens is 4. The number of aliphatic hydroxyl groups excluding tert-OH is 1. The Bertz CT molecular complexity index is 1000. The molecular weight excluding hydrogens is 451 g/mol. The Kier molecular flexibility index (Phi) is 5.03. The zero-order chi connectivity index (χ0) is 22.7. The van der Waals surface area contributed by atoms with Gasteiger partial charge in [-0.05, 0) is 49.8 Å². The first-order valence-corrected chi connectivity index (χ1v) is 10.8. The molecular formula is C21H21ClF3N3O4. The fourth-order valence-electron chi connectivity index (χ4n) is 5.09. The maximum Gasteiger partial charge on any atom is 0.522 e. The topological polar surface area (TPSA) is 97.5 Å². The fraction of sp³-hybridized carbons (Fsp3) is 0.571. The maximum atomic E-state index is 12.4. The Labute approximate surface area is 186 Å². The number of hydrogen-bond donors (Lipinski definition) is 2. The van der Waals surface area contributed by atoms with Gasteiger partial charge < -0.3 is 14.8 Å². The van der Waals surface area contributed by atoms with E-state index in [9.17, 15) is 23.1 Å². The highest BCUT2D eigenvalue weighted by atomic mass is 35.5. The van der Waals surface area contributed by atoms with E-state index in [0.29, 0.717) is 36.1 Å². The minimum atomic E-state index is -4.64. The van der Waals surface area contributed by atoms with Crippen molar-refractivity contribution in [2.24, 2.45) is 0 Å². The Hall–Kier alpha value is -2.17. The lowest BCUT2D eigenvalue weighted by Crippen LogP contribution is -2.77. The molecule has 6 rings (SSSR count). The van der Waals surface area contributed by atoms with E-state index in [2.05, 4.69) is 20.3 Å². The van der Waals surface area contributed by atoms with Gasteiger partial charge in [0.05, 0.1) is 11.5 Å². The van der Waals surface area contributed by atoms with E-state index in [0.717, 1.165) is 5.56 Å². The number of ether oxygens (including phenoxy) is 1. The first-order chi connectivity index (χ1) is 15.0. The number of aromatic nitrogens is 2. The molecule has 1 amide bonds. The molecule has 172 valence electrons. The van der Waals surface area contributed by atoms with Gasteiger partial charge in [-0.1, -0.05) is 23.7 Å². The molecule has 4 fully saturated rings. The largest absolute Gasteiger partial charge is 0.522 e. The van der Waals surface area contributed by atoms with E-state index >= 15 is 0 Å². The Balaban J connectivity index is 1.11. The molecule has 1 aromatic carbocycles. The van der Waals surface area contributed by atoms with Crippen molar-refractivity contribution in [1.29, 1.82) is 0 Å². The molecule has 7 nitrogen and oxygen atoms in total. The quantitative estimate of drug-likeness (QED) is 0.642. The van der Waals surface area contributed by atoms with Crippen LogP contribution in [0, 0.1) is 0 Å². The normalized spacial score (nSPS) is 31.8. The van der Waals surface area contributed by atoms with Crippen molar-refractivity contribution in [1.82, 2.24) is 15.5 Å². The number of nitrogens with zero attached hydrogens (tertiary/aromatic N) is 2. The van der Waals surface area contributed by atoms with Crippen LogP contribution in [0.15, 0.2) is 28.7 Å². The average molecular weight is 472 g/mol. The van der Waals surface area contributed by atoms with Gasteiger partial charge in [0.15, 0.2) is 0 Å². The Morgan fingerprint density at radius 3 is 2.53 bits per heavy atom. The van der Waals surface area contributed by atoms with Gasteiger partial charge in [-0.15, -0.1) is 23.4 Å². The highest BCUT2D eigenvalue weighted by molar-refractivity contribution is 6.30. The number of aliphatic hydroxyl groups is 1. The van der Waals surface area contributed by atoms with Gasteiger partial charge in [0.1, 0.15) is 6.10 Å². The van der Waals surface area contributed by atoms with E-state index in [-0.39, 0.29) is 36.1 Å². The summed E-state index contributed by atoms with van der Waals surface area (Å²) in [4.78, 5) is 12.4. The third kappa shape index (κ3) is 3.99. The SMILES string of the molecule is O=C(NC12CC(c3nnc([C@H]4C[C@@H](OC(F)(F)F)C4)o3)(C1)C2)[C@H](O)Cc1ccc(Cl)cc1. The molecule has 11 heteroatoms. The number of carbonyl (C=O) groups excluding carboxylic acids is 1. The minimum absolute atomic E-state index is 0.192. The van der Waals surface area contributed by atoms with Crippen LogP contribution in [0.2, 0.25) is 5.02 Å². The van der Waals surface area contributed by atoms with Crippen LogP contribution >= 0.6 is 11.6 Å². The van der Waals surface area contributed by atoms with Crippen LogP contribution in [0.3, 0.4) is 0 Å². The molecule has 2 aromatic rings. The summed E-state index contributed by atoms with van der Waals surface area (Å²) in [6.45, 7) is 0. The molecule has 1 heterocycles. The third-order valence-electron chi connectivity index (χ3n) is 6.70. The fourth-order valence-corrected chi connectivity index (χ4v) is 5.22. The molecule has 2 bridgehead atoms. The summed E-state index contributed by atoms with van der Waals surface area (Å²) in [7, 11) is 0. The molecule has 0 aliphatic heterocycles. The van der Waals surface area contributed by atoms with Crippen molar-refractivity contribution in [2.45, 2.75) is 74.0 Å². The third-order valence-corrected chi connectivity index (χ3v) is 6.95. The predicted molar refractivity (Wildman–Crippen MR) is 105 cm³/mol. The van der Waals surface area contributed by atoms with Gasteiger partial charge in [-0.2, -0.15) is 0 Å². The van der Waals surface area contributed by atoms with E-state index in [1.807, 2.05) is 0 Å². The van der Waals surface area contributed by atoms with E-state index in [4.69, 9.17) is 16.0 Å². The molecule has 0 unspecified atom stereocenters. The summed E-state index contributed by atoms with van der Waals surface area (Å²) in [5.74, 6) is 0.144. The number of alkyl halides is 3. The summed E-state index contributed by atoms with van der Waals surface area (Å²) in [5, 5.41) is 21.9. The number of rotatable bonds is 7. The van der Waals surface area contributed by atoms with Gasteiger partial charge in [-0.3, -0.25) is 9.53 Å². The second-order valence-corrected chi connectivity index (χ2v) is 9.66. The molecule has 4 aliphatic carbocycles. The van der Waals surface area contributed by atoms with Gasteiger partial charge in [0, 0.05) is 22.9 Å². The predicted octanol–water partition coefficient (Wildman–Crippen LogP) is 3.40. The molecule has 4 aliphatic rings. The number of nitrogens with one attached hydrogen (secondary N) is 1. The van der Waals surface area contributed by atoms with Gasteiger partial charge in [0.25, 0.3) is 0 Å². The molecule has 32 heavy (non-hydrogen) atoms. The highest BCUT2D eigenvalue weighted by Crippen LogP contribution is 2.67. The van der Waals surface area contributed by atoms with E-state index in [1.165, 1.54) is 0 Å². The van der Waals surface area contributed by atoms with E-state index in [1.54, 1.807) is 24.3 Å². The zero-order valence-electron chi connectivity index (χ0n) is 16.9. The molecule has 1 aromatic heterocycles. The van der Waals surface area contributed by atoms with Crippen LogP contribution in [0.25, 0.3) is 0 Å². The standard InChI is InChI=1S/C21H21ClF3N3O4/c22-13-3-1-11(2-4-13)5-15(29)16(30)26-20-8-19(9-20,10-20)18-28-27-17(31-18)12-6-14(7-12)32-21(23,24)25/h1-4,12,14-15,29H,5-10H2,(H,26,30)/t12-,14+,15-,19?,20?/m1/s1. The monoisotopic (exact) mass is 471 g/mol. The van der Waals surface area contributed by atoms with Crippen LogP contribution in [-0.4, -0.2) is 45.3 Å². The van der Waals surface area contributed by atoms with Crippen molar-refractivity contribution >= 4 is 17.5 Å². The summed E-state index contributed by atoms with van der Waals surface area (Å²) in [6, 6.07) is 6.94.